The maximum absolute atomic E-state index is 13.1. The van der Waals surface area contributed by atoms with Crippen molar-refractivity contribution in [2.75, 3.05) is 10.8 Å². The minimum absolute atomic E-state index is 0.00403. The van der Waals surface area contributed by atoms with E-state index in [0.717, 1.165) is 5.17 Å². The smallest absolute Gasteiger partial charge is 0.284 e. The molecule has 2 rings (SSSR count). The predicted octanol–water partition coefficient (Wildman–Crippen LogP) is 4.32. The molecule has 0 saturated carbocycles. The first-order valence-corrected chi connectivity index (χ1v) is 8.26. The van der Waals surface area contributed by atoms with Crippen molar-refractivity contribution in [1.82, 2.24) is 4.90 Å². The van der Waals surface area contributed by atoms with E-state index < -0.39 is 0 Å². The van der Waals surface area contributed by atoms with Crippen molar-refractivity contribution in [3.05, 3.63) is 30.1 Å². The fourth-order valence-electron chi connectivity index (χ4n) is 2.08. The SMILES string of the molecule is CC(C)N1C(=O)N(c2ccc(F)cc2)CSC1=NC(C)(C)C. The molecule has 2 amide bonds. The summed E-state index contributed by atoms with van der Waals surface area (Å²) in [5.74, 6) is 0.166. The third kappa shape index (κ3) is 3.80. The summed E-state index contributed by atoms with van der Waals surface area (Å²) in [7, 11) is 0. The summed E-state index contributed by atoms with van der Waals surface area (Å²) in [4.78, 5) is 20.8. The molecule has 22 heavy (non-hydrogen) atoms. The predicted molar refractivity (Wildman–Crippen MR) is 90.9 cm³/mol. The molecule has 0 unspecified atom stereocenters. The molecule has 1 aliphatic heterocycles. The zero-order valence-corrected chi connectivity index (χ0v) is 14.4. The number of halogens is 1. The summed E-state index contributed by atoms with van der Waals surface area (Å²) in [6, 6.07) is 5.86. The second-order valence-electron chi connectivity index (χ2n) is 6.49. The van der Waals surface area contributed by atoms with Crippen LogP contribution in [0.4, 0.5) is 14.9 Å². The molecular formula is C16H22FN3OS. The van der Waals surface area contributed by atoms with Crippen molar-refractivity contribution in [2.45, 2.75) is 46.2 Å². The second kappa shape index (κ2) is 6.28. The van der Waals surface area contributed by atoms with Crippen LogP contribution in [0.3, 0.4) is 0 Å². The van der Waals surface area contributed by atoms with Gasteiger partial charge in [0.1, 0.15) is 5.82 Å². The number of aliphatic imine (C=N–C) groups is 1. The molecule has 0 aromatic heterocycles. The van der Waals surface area contributed by atoms with Gasteiger partial charge in [-0.05, 0) is 58.9 Å². The van der Waals surface area contributed by atoms with Crippen LogP contribution in [0, 0.1) is 5.82 Å². The van der Waals surface area contributed by atoms with E-state index in [-0.39, 0.29) is 23.4 Å². The average molecular weight is 323 g/mol. The highest BCUT2D eigenvalue weighted by molar-refractivity contribution is 8.14. The quantitative estimate of drug-likeness (QED) is 0.812. The van der Waals surface area contributed by atoms with Crippen LogP contribution >= 0.6 is 11.8 Å². The van der Waals surface area contributed by atoms with Crippen molar-refractivity contribution >= 4 is 28.6 Å². The van der Waals surface area contributed by atoms with Gasteiger partial charge in [0.15, 0.2) is 5.17 Å². The Labute approximate surface area is 135 Å². The first-order valence-electron chi connectivity index (χ1n) is 7.28. The van der Waals surface area contributed by atoms with Gasteiger partial charge in [0.05, 0.1) is 11.4 Å². The molecule has 0 atom stereocenters. The molecule has 0 bridgehead atoms. The number of urea groups is 1. The van der Waals surface area contributed by atoms with E-state index >= 15 is 0 Å². The zero-order chi connectivity index (χ0) is 16.5. The van der Waals surface area contributed by atoms with Crippen molar-refractivity contribution < 1.29 is 9.18 Å². The Bertz CT molecular complexity index is 578. The Morgan fingerprint density at radius 3 is 2.32 bits per heavy atom. The molecule has 1 saturated heterocycles. The van der Waals surface area contributed by atoms with Crippen LogP contribution in [0.2, 0.25) is 0 Å². The first-order chi connectivity index (χ1) is 10.2. The molecule has 1 aliphatic rings. The molecule has 0 N–H and O–H groups in total. The number of carbonyl (C=O) groups excluding carboxylic acids is 1. The number of hydrogen-bond donors (Lipinski definition) is 0. The number of rotatable bonds is 2. The van der Waals surface area contributed by atoms with Gasteiger partial charge in [0.2, 0.25) is 0 Å². The fraction of sp³-hybridized carbons (Fsp3) is 0.500. The summed E-state index contributed by atoms with van der Waals surface area (Å²) in [6.45, 7) is 9.96. The Balaban J connectivity index is 2.32. The van der Waals surface area contributed by atoms with E-state index in [1.165, 1.54) is 23.9 Å². The van der Waals surface area contributed by atoms with Crippen LogP contribution in [0.25, 0.3) is 0 Å². The number of carbonyl (C=O) groups is 1. The molecule has 1 fully saturated rings. The normalized spacial score (nSPS) is 18.5. The summed E-state index contributed by atoms with van der Waals surface area (Å²) in [5.41, 5.74) is 0.452. The van der Waals surface area contributed by atoms with E-state index in [1.807, 2.05) is 34.6 Å². The minimum Gasteiger partial charge on any atom is -0.284 e. The maximum atomic E-state index is 13.1. The lowest BCUT2D eigenvalue weighted by Crippen LogP contribution is -2.53. The van der Waals surface area contributed by atoms with Crippen LogP contribution in [0.15, 0.2) is 29.3 Å². The van der Waals surface area contributed by atoms with Gasteiger partial charge in [-0.2, -0.15) is 0 Å². The highest BCUT2D eigenvalue weighted by Crippen LogP contribution is 2.29. The second-order valence-corrected chi connectivity index (χ2v) is 7.40. The van der Waals surface area contributed by atoms with Crippen LogP contribution in [0.5, 0.6) is 0 Å². The van der Waals surface area contributed by atoms with Crippen LogP contribution in [-0.4, -0.2) is 33.6 Å². The standard InChI is InChI=1S/C16H22FN3OS/c1-11(2)20-14(18-16(3,4)5)22-10-19(15(20)21)13-8-6-12(17)7-9-13/h6-9,11H,10H2,1-5H3. The third-order valence-corrected chi connectivity index (χ3v) is 3.99. The van der Waals surface area contributed by atoms with E-state index in [1.54, 1.807) is 21.9 Å². The lowest BCUT2D eigenvalue weighted by atomic mass is 10.1. The Morgan fingerprint density at radius 1 is 1.23 bits per heavy atom. The molecule has 0 spiro atoms. The number of amides is 2. The molecular weight excluding hydrogens is 301 g/mol. The largest absolute Gasteiger partial charge is 0.331 e. The zero-order valence-electron chi connectivity index (χ0n) is 13.6. The van der Waals surface area contributed by atoms with Gasteiger partial charge in [-0.25, -0.2) is 9.18 Å². The van der Waals surface area contributed by atoms with Crippen molar-refractivity contribution in [2.24, 2.45) is 4.99 Å². The average Bonchev–Trinajstić information content (AvgIpc) is 2.38. The van der Waals surface area contributed by atoms with Gasteiger partial charge >= 0.3 is 6.03 Å². The van der Waals surface area contributed by atoms with Crippen LogP contribution in [-0.2, 0) is 0 Å². The van der Waals surface area contributed by atoms with Crippen molar-refractivity contribution in [3.63, 3.8) is 0 Å². The third-order valence-electron chi connectivity index (χ3n) is 3.05. The molecule has 1 aromatic carbocycles. The molecule has 0 radical (unpaired) electrons. The summed E-state index contributed by atoms with van der Waals surface area (Å²) in [5, 5.41) is 0.742. The van der Waals surface area contributed by atoms with Gasteiger partial charge in [0, 0.05) is 11.7 Å². The highest BCUT2D eigenvalue weighted by atomic mass is 32.2. The molecule has 0 aliphatic carbocycles. The fourth-order valence-corrected chi connectivity index (χ4v) is 3.35. The van der Waals surface area contributed by atoms with Gasteiger partial charge in [-0.1, -0.05) is 11.8 Å². The van der Waals surface area contributed by atoms with Gasteiger partial charge in [-0.3, -0.25) is 14.8 Å². The maximum Gasteiger partial charge on any atom is 0.331 e. The summed E-state index contributed by atoms with van der Waals surface area (Å²) < 4.78 is 13.1. The van der Waals surface area contributed by atoms with Crippen molar-refractivity contribution in [1.29, 1.82) is 0 Å². The Morgan fingerprint density at radius 2 is 1.82 bits per heavy atom. The van der Waals surface area contributed by atoms with Gasteiger partial charge in [0.25, 0.3) is 0 Å². The van der Waals surface area contributed by atoms with Crippen LogP contribution in [0.1, 0.15) is 34.6 Å². The number of anilines is 1. The van der Waals surface area contributed by atoms with E-state index in [0.29, 0.717) is 11.6 Å². The van der Waals surface area contributed by atoms with Crippen LogP contribution < -0.4 is 4.90 Å². The lowest BCUT2D eigenvalue weighted by molar-refractivity contribution is 0.220. The minimum atomic E-state index is -0.309. The number of thioether (sulfide) groups is 1. The molecule has 4 nitrogen and oxygen atoms in total. The Hall–Kier alpha value is -1.56. The summed E-state index contributed by atoms with van der Waals surface area (Å²) in [6.07, 6.45) is 0. The Kier molecular flexibility index (Phi) is 4.80. The van der Waals surface area contributed by atoms with Crippen molar-refractivity contribution in [3.8, 4) is 0 Å². The number of amidine groups is 1. The molecule has 120 valence electrons. The topological polar surface area (TPSA) is 35.9 Å². The monoisotopic (exact) mass is 323 g/mol. The molecule has 6 heteroatoms. The van der Waals surface area contributed by atoms with Gasteiger partial charge < -0.3 is 0 Å². The number of benzene rings is 1. The van der Waals surface area contributed by atoms with Gasteiger partial charge in [-0.15, -0.1) is 0 Å². The molecule has 1 aromatic rings. The van der Waals surface area contributed by atoms with E-state index in [2.05, 4.69) is 4.99 Å². The first kappa shape index (κ1) is 16.8. The molecule has 1 heterocycles. The number of nitrogens with zero attached hydrogens (tertiary/aromatic N) is 3. The highest BCUT2D eigenvalue weighted by Gasteiger charge is 2.34. The lowest BCUT2D eigenvalue weighted by Gasteiger charge is -2.38. The number of hydrogen-bond acceptors (Lipinski definition) is 3. The summed E-state index contributed by atoms with van der Waals surface area (Å²) >= 11 is 1.52. The van der Waals surface area contributed by atoms with E-state index in [9.17, 15) is 9.18 Å². The van der Waals surface area contributed by atoms with E-state index in [4.69, 9.17) is 0 Å².